The Bertz CT molecular complexity index is 899. The molecule has 0 amide bonds. The molecule has 1 fully saturated rings. The van der Waals surface area contributed by atoms with Gasteiger partial charge in [0.05, 0.1) is 17.7 Å². The molecule has 0 unspecified atom stereocenters. The van der Waals surface area contributed by atoms with Crippen LogP contribution in [0.2, 0.25) is 0 Å². The number of nitrogens with zero attached hydrogens (tertiary/aromatic N) is 3. The molecular weight excluding hydrogens is 362 g/mol. The molecule has 3 rings (SSSR count). The van der Waals surface area contributed by atoms with E-state index >= 15 is 0 Å². The van der Waals surface area contributed by atoms with Crippen molar-refractivity contribution in [1.29, 1.82) is 0 Å². The van der Waals surface area contributed by atoms with E-state index in [0.717, 1.165) is 36.5 Å². The van der Waals surface area contributed by atoms with Gasteiger partial charge in [0.2, 0.25) is 10.0 Å². The molecule has 146 valence electrons. The van der Waals surface area contributed by atoms with Gasteiger partial charge in [-0.25, -0.2) is 8.42 Å². The first kappa shape index (κ1) is 19.8. The van der Waals surface area contributed by atoms with Gasteiger partial charge in [-0.1, -0.05) is 6.07 Å². The summed E-state index contributed by atoms with van der Waals surface area (Å²) in [5.74, 6) is 0.696. The third kappa shape index (κ3) is 4.66. The van der Waals surface area contributed by atoms with Crippen molar-refractivity contribution in [2.45, 2.75) is 31.7 Å². The molecule has 2 heterocycles. The Kier molecular flexibility index (Phi) is 6.14. The van der Waals surface area contributed by atoms with Crippen LogP contribution in [0.1, 0.15) is 23.4 Å². The van der Waals surface area contributed by atoms with Crippen LogP contribution in [0.4, 0.5) is 0 Å². The smallest absolute Gasteiger partial charge is 0.243 e. The molecule has 1 aromatic heterocycles. The molecule has 0 aliphatic carbocycles. The maximum absolute atomic E-state index is 13.1. The molecule has 2 aromatic rings. The van der Waals surface area contributed by atoms with E-state index in [-0.39, 0.29) is 0 Å². The lowest BCUT2D eigenvalue weighted by Gasteiger charge is -2.22. The van der Waals surface area contributed by atoms with Gasteiger partial charge < -0.3 is 4.74 Å². The molecule has 0 radical (unpaired) electrons. The van der Waals surface area contributed by atoms with Crippen molar-refractivity contribution in [1.82, 2.24) is 14.2 Å². The highest BCUT2D eigenvalue weighted by molar-refractivity contribution is 7.89. The van der Waals surface area contributed by atoms with Gasteiger partial charge in [-0.15, -0.1) is 0 Å². The highest BCUT2D eigenvalue weighted by Crippen LogP contribution is 2.24. The number of pyridine rings is 1. The Balaban J connectivity index is 1.70. The maximum Gasteiger partial charge on any atom is 0.243 e. The van der Waals surface area contributed by atoms with Crippen LogP contribution in [0.5, 0.6) is 5.75 Å². The largest absolute Gasteiger partial charge is 0.496 e. The minimum absolute atomic E-state index is 0.328. The topological polar surface area (TPSA) is 62.7 Å². The highest BCUT2D eigenvalue weighted by atomic mass is 32.2. The summed E-state index contributed by atoms with van der Waals surface area (Å²) in [6, 6.07) is 11.0. The molecule has 0 spiro atoms. The first-order valence-corrected chi connectivity index (χ1v) is 10.6. The van der Waals surface area contributed by atoms with Crippen molar-refractivity contribution in [3.8, 4) is 5.75 Å². The van der Waals surface area contributed by atoms with E-state index in [2.05, 4.69) is 9.88 Å². The zero-order valence-electron chi connectivity index (χ0n) is 16.2. The van der Waals surface area contributed by atoms with E-state index in [9.17, 15) is 8.42 Å². The number of methoxy groups -OCH3 is 1. The average molecular weight is 390 g/mol. The fourth-order valence-electron chi connectivity index (χ4n) is 3.42. The zero-order chi connectivity index (χ0) is 19.4. The molecule has 7 heteroatoms. The molecule has 27 heavy (non-hydrogen) atoms. The minimum Gasteiger partial charge on any atom is -0.496 e. The summed E-state index contributed by atoms with van der Waals surface area (Å²) in [5, 5.41) is 0. The number of hydrogen-bond donors (Lipinski definition) is 0. The molecule has 1 aliphatic rings. The Morgan fingerprint density at radius 1 is 1.07 bits per heavy atom. The van der Waals surface area contributed by atoms with Gasteiger partial charge in [0.15, 0.2) is 0 Å². The molecule has 0 N–H and O–H groups in total. The highest BCUT2D eigenvalue weighted by Gasteiger charge is 2.27. The van der Waals surface area contributed by atoms with Gasteiger partial charge >= 0.3 is 0 Å². The lowest BCUT2D eigenvalue weighted by molar-refractivity contribution is 0.275. The number of rotatable bonds is 5. The van der Waals surface area contributed by atoms with E-state index in [0.29, 0.717) is 30.3 Å². The van der Waals surface area contributed by atoms with Gasteiger partial charge in [-0.05, 0) is 62.7 Å². The van der Waals surface area contributed by atoms with Gasteiger partial charge in [-0.3, -0.25) is 9.88 Å². The van der Waals surface area contributed by atoms with Crippen molar-refractivity contribution < 1.29 is 13.2 Å². The normalized spacial score (nSPS) is 16.9. The minimum atomic E-state index is -3.50. The quantitative estimate of drug-likeness (QED) is 0.787. The molecule has 6 nitrogen and oxygen atoms in total. The summed E-state index contributed by atoms with van der Waals surface area (Å²) in [6.07, 6.45) is 0.806. The van der Waals surface area contributed by atoms with Gasteiger partial charge in [-0.2, -0.15) is 4.31 Å². The average Bonchev–Trinajstić information content (AvgIpc) is 2.88. The third-order valence-corrected chi connectivity index (χ3v) is 6.78. The van der Waals surface area contributed by atoms with Crippen molar-refractivity contribution in [3.63, 3.8) is 0 Å². The standard InChI is InChI=1S/C20H27N3O3S/c1-16-14-19(8-9-20(16)26-3)27(24,25)23-11-5-10-22(12-13-23)15-18-7-4-6-17(2)21-18/h4,6-9,14H,5,10-13,15H2,1-3H3. The number of aromatic nitrogens is 1. The van der Waals surface area contributed by atoms with Gasteiger partial charge in [0.25, 0.3) is 0 Å². The van der Waals surface area contributed by atoms with Crippen LogP contribution in [0.25, 0.3) is 0 Å². The summed E-state index contributed by atoms with van der Waals surface area (Å²) in [5.41, 5.74) is 2.85. The van der Waals surface area contributed by atoms with E-state index in [1.54, 1.807) is 29.6 Å². The molecular formula is C20H27N3O3S. The second-order valence-electron chi connectivity index (χ2n) is 6.94. The lowest BCUT2D eigenvalue weighted by Crippen LogP contribution is -2.35. The van der Waals surface area contributed by atoms with Crippen LogP contribution in [-0.2, 0) is 16.6 Å². The van der Waals surface area contributed by atoms with E-state index in [1.807, 2.05) is 32.0 Å². The summed E-state index contributed by atoms with van der Waals surface area (Å²) < 4.78 is 32.9. The van der Waals surface area contributed by atoms with Crippen LogP contribution in [0.3, 0.4) is 0 Å². The van der Waals surface area contributed by atoms with E-state index < -0.39 is 10.0 Å². The van der Waals surface area contributed by atoms with Crippen molar-refractivity contribution in [3.05, 3.63) is 53.3 Å². The fraction of sp³-hybridized carbons (Fsp3) is 0.450. The van der Waals surface area contributed by atoms with E-state index in [1.165, 1.54) is 0 Å². The molecule has 0 atom stereocenters. The zero-order valence-corrected chi connectivity index (χ0v) is 17.0. The van der Waals surface area contributed by atoms with Crippen LogP contribution in [0, 0.1) is 13.8 Å². The van der Waals surface area contributed by atoms with Crippen molar-refractivity contribution in [2.75, 3.05) is 33.3 Å². The van der Waals surface area contributed by atoms with Crippen LogP contribution in [0.15, 0.2) is 41.3 Å². The van der Waals surface area contributed by atoms with Crippen molar-refractivity contribution in [2.24, 2.45) is 0 Å². The predicted molar refractivity (Wildman–Crippen MR) is 105 cm³/mol. The first-order chi connectivity index (χ1) is 12.9. The van der Waals surface area contributed by atoms with Crippen LogP contribution in [-0.4, -0.2) is 55.9 Å². The molecule has 0 saturated carbocycles. The summed E-state index contributed by atoms with van der Waals surface area (Å²) in [4.78, 5) is 7.16. The molecule has 1 aliphatic heterocycles. The SMILES string of the molecule is COc1ccc(S(=O)(=O)N2CCCN(Cc3cccc(C)n3)CC2)cc1C. The third-order valence-electron chi connectivity index (χ3n) is 4.88. The summed E-state index contributed by atoms with van der Waals surface area (Å²) in [7, 11) is -1.91. The first-order valence-electron chi connectivity index (χ1n) is 9.20. The lowest BCUT2D eigenvalue weighted by atomic mass is 10.2. The number of aryl methyl sites for hydroxylation is 2. The van der Waals surface area contributed by atoms with Crippen LogP contribution < -0.4 is 4.74 Å². The van der Waals surface area contributed by atoms with Gasteiger partial charge in [0.1, 0.15) is 5.75 Å². The van der Waals surface area contributed by atoms with Crippen LogP contribution >= 0.6 is 0 Å². The number of sulfonamides is 1. The summed E-state index contributed by atoms with van der Waals surface area (Å²) >= 11 is 0. The summed E-state index contributed by atoms with van der Waals surface area (Å²) in [6.45, 7) is 7.17. The molecule has 1 saturated heterocycles. The monoisotopic (exact) mass is 389 g/mol. The number of benzene rings is 1. The fourth-order valence-corrected chi connectivity index (χ4v) is 4.98. The number of ether oxygens (including phenoxy) is 1. The van der Waals surface area contributed by atoms with Gasteiger partial charge in [0, 0.05) is 31.9 Å². The second-order valence-corrected chi connectivity index (χ2v) is 8.87. The molecule has 0 bridgehead atoms. The maximum atomic E-state index is 13.1. The second kappa shape index (κ2) is 8.37. The Labute approximate surface area is 161 Å². The predicted octanol–water partition coefficient (Wildman–Crippen LogP) is 2.60. The Morgan fingerprint density at radius 2 is 1.89 bits per heavy atom. The Hall–Kier alpha value is -1.96. The van der Waals surface area contributed by atoms with Crippen molar-refractivity contribution >= 4 is 10.0 Å². The van der Waals surface area contributed by atoms with E-state index in [4.69, 9.17) is 4.74 Å². The Morgan fingerprint density at radius 3 is 2.59 bits per heavy atom. The number of hydrogen-bond acceptors (Lipinski definition) is 5. The molecule has 1 aromatic carbocycles.